The Morgan fingerprint density at radius 1 is 1.34 bits per heavy atom. The van der Waals surface area contributed by atoms with Gasteiger partial charge >= 0.3 is 0 Å². The van der Waals surface area contributed by atoms with E-state index in [2.05, 4.69) is 17.1 Å². The van der Waals surface area contributed by atoms with Crippen LogP contribution in [-0.4, -0.2) is 67.2 Å². The van der Waals surface area contributed by atoms with Gasteiger partial charge < -0.3 is 14.4 Å². The average molecular weight is 419 g/mol. The Labute approximate surface area is 178 Å². The van der Waals surface area contributed by atoms with Crippen molar-refractivity contribution in [3.63, 3.8) is 0 Å². The third-order valence-corrected chi connectivity index (χ3v) is 7.18. The number of carbonyl (C=O) groups excluding carboxylic acids is 1. The van der Waals surface area contributed by atoms with Crippen molar-refractivity contribution >= 4 is 17.5 Å². The lowest BCUT2D eigenvalue weighted by Gasteiger charge is -2.48. The van der Waals surface area contributed by atoms with Gasteiger partial charge in [0.15, 0.2) is 0 Å². The number of nitrogens with zero attached hydrogens (tertiary/aromatic N) is 2. The van der Waals surface area contributed by atoms with Gasteiger partial charge in [-0.1, -0.05) is 29.8 Å². The minimum atomic E-state index is 0.0250. The first kappa shape index (κ1) is 20.7. The second-order valence-corrected chi connectivity index (χ2v) is 9.00. The third-order valence-electron chi connectivity index (χ3n) is 6.88. The van der Waals surface area contributed by atoms with Gasteiger partial charge in [-0.25, -0.2) is 0 Å². The van der Waals surface area contributed by atoms with Crippen molar-refractivity contribution in [2.75, 3.05) is 33.9 Å². The molecule has 1 aromatic rings. The molecule has 158 valence electrons. The Morgan fingerprint density at radius 2 is 2.14 bits per heavy atom. The molecule has 1 aromatic carbocycles. The monoisotopic (exact) mass is 418 g/mol. The van der Waals surface area contributed by atoms with Gasteiger partial charge in [-0.05, 0) is 49.8 Å². The normalized spacial score (nSPS) is 29.5. The van der Waals surface area contributed by atoms with Crippen LogP contribution in [0, 0.1) is 0 Å². The molecule has 29 heavy (non-hydrogen) atoms. The zero-order valence-electron chi connectivity index (χ0n) is 17.4. The number of carbonyl (C=O) groups is 1. The van der Waals surface area contributed by atoms with Gasteiger partial charge in [0.05, 0.1) is 24.2 Å². The first-order valence-electron chi connectivity index (χ1n) is 10.6. The van der Waals surface area contributed by atoms with Crippen LogP contribution in [0.15, 0.2) is 30.4 Å². The number of hydrogen-bond acceptors (Lipinski definition) is 4. The molecule has 1 spiro atoms. The maximum absolute atomic E-state index is 13.1. The summed E-state index contributed by atoms with van der Waals surface area (Å²) in [4.78, 5) is 17.6. The highest BCUT2D eigenvalue weighted by Gasteiger charge is 2.47. The Bertz CT molecular complexity index is 767. The predicted molar refractivity (Wildman–Crippen MR) is 115 cm³/mol. The molecule has 2 heterocycles. The molecule has 3 atom stereocenters. The van der Waals surface area contributed by atoms with Crippen molar-refractivity contribution in [2.24, 2.45) is 0 Å². The van der Waals surface area contributed by atoms with Crippen LogP contribution in [0.3, 0.4) is 0 Å². The quantitative estimate of drug-likeness (QED) is 0.684. The molecule has 0 bridgehead atoms. The van der Waals surface area contributed by atoms with E-state index >= 15 is 0 Å². The van der Waals surface area contributed by atoms with Crippen molar-refractivity contribution in [1.29, 1.82) is 0 Å². The summed E-state index contributed by atoms with van der Waals surface area (Å²) in [6.45, 7) is 2.81. The number of ether oxygens (including phenoxy) is 2. The van der Waals surface area contributed by atoms with Gasteiger partial charge in [0, 0.05) is 38.8 Å². The van der Waals surface area contributed by atoms with E-state index in [1.807, 2.05) is 30.1 Å². The Balaban J connectivity index is 1.47. The van der Waals surface area contributed by atoms with E-state index in [1.165, 1.54) is 0 Å². The van der Waals surface area contributed by atoms with Gasteiger partial charge in [0.25, 0.3) is 0 Å². The summed E-state index contributed by atoms with van der Waals surface area (Å²) in [6, 6.07) is 6.12. The summed E-state index contributed by atoms with van der Waals surface area (Å²) >= 11 is 6.24. The van der Waals surface area contributed by atoms with Gasteiger partial charge in [-0.15, -0.1) is 0 Å². The van der Waals surface area contributed by atoms with Crippen LogP contribution in [0.25, 0.3) is 0 Å². The molecule has 6 heteroatoms. The summed E-state index contributed by atoms with van der Waals surface area (Å²) in [6.07, 6.45) is 10.2. The van der Waals surface area contributed by atoms with Crippen LogP contribution in [-0.2, 0) is 16.0 Å². The second kappa shape index (κ2) is 8.66. The molecule has 3 aliphatic rings. The molecule has 3 unspecified atom stereocenters. The topological polar surface area (TPSA) is 42.0 Å². The molecular weight excluding hydrogens is 388 g/mol. The van der Waals surface area contributed by atoms with Crippen molar-refractivity contribution in [2.45, 2.75) is 56.2 Å². The van der Waals surface area contributed by atoms with Crippen LogP contribution in [0.1, 0.15) is 37.7 Å². The van der Waals surface area contributed by atoms with E-state index in [0.29, 0.717) is 23.2 Å². The maximum Gasteiger partial charge on any atom is 0.227 e. The van der Waals surface area contributed by atoms with E-state index < -0.39 is 0 Å². The Morgan fingerprint density at radius 3 is 2.79 bits per heavy atom. The van der Waals surface area contributed by atoms with Crippen molar-refractivity contribution < 1.29 is 14.3 Å². The number of methoxy groups -OCH3 is 1. The van der Waals surface area contributed by atoms with E-state index in [-0.39, 0.29) is 17.6 Å². The van der Waals surface area contributed by atoms with Crippen LogP contribution in [0.5, 0.6) is 5.75 Å². The van der Waals surface area contributed by atoms with E-state index in [0.717, 1.165) is 57.4 Å². The predicted octanol–water partition coefficient (Wildman–Crippen LogP) is 3.69. The summed E-state index contributed by atoms with van der Waals surface area (Å²) in [7, 11) is 3.55. The van der Waals surface area contributed by atoms with Crippen LogP contribution in [0.4, 0.5) is 0 Å². The van der Waals surface area contributed by atoms with Crippen LogP contribution < -0.4 is 4.74 Å². The molecule has 4 rings (SSSR count). The van der Waals surface area contributed by atoms with Crippen LogP contribution >= 0.6 is 11.6 Å². The highest BCUT2D eigenvalue weighted by Crippen LogP contribution is 2.42. The second-order valence-electron chi connectivity index (χ2n) is 8.59. The number of rotatable bonds is 5. The molecule has 2 aliphatic heterocycles. The van der Waals surface area contributed by atoms with Gasteiger partial charge in [0.2, 0.25) is 5.91 Å². The van der Waals surface area contributed by atoms with Crippen molar-refractivity contribution in [3.8, 4) is 5.75 Å². The average Bonchev–Trinajstić information content (AvgIpc) is 3.40. The first-order valence-corrected chi connectivity index (χ1v) is 11.0. The molecule has 5 nitrogen and oxygen atoms in total. The lowest BCUT2D eigenvalue weighted by Crippen LogP contribution is -2.58. The van der Waals surface area contributed by atoms with Gasteiger partial charge in [0.1, 0.15) is 5.75 Å². The number of amides is 1. The Kier molecular flexibility index (Phi) is 6.19. The van der Waals surface area contributed by atoms with Gasteiger partial charge in [-0.2, -0.15) is 0 Å². The van der Waals surface area contributed by atoms with Crippen molar-refractivity contribution in [1.82, 2.24) is 9.80 Å². The molecule has 1 saturated heterocycles. The molecule has 0 radical (unpaired) electrons. The van der Waals surface area contributed by atoms with E-state index in [1.54, 1.807) is 7.11 Å². The number of halogens is 1. The summed E-state index contributed by atoms with van der Waals surface area (Å²) < 4.78 is 11.4. The molecule has 1 aliphatic carbocycles. The summed E-state index contributed by atoms with van der Waals surface area (Å²) in [5.41, 5.74) is 0.940. The molecular formula is C23H31ClN2O3. The minimum Gasteiger partial charge on any atom is -0.495 e. The molecule has 1 saturated carbocycles. The van der Waals surface area contributed by atoms with Crippen LogP contribution in [0.2, 0.25) is 5.02 Å². The fourth-order valence-electron chi connectivity index (χ4n) is 5.23. The third kappa shape index (κ3) is 4.32. The van der Waals surface area contributed by atoms with E-state index in [4.69, 9.17) is 21.1 Å². The standard InChI is InChI=1S/C23H31ClN2O3/c1-25(22(27)15-17-6-7-21(28-2)18(24)14-17)19-8-10-23(9-5-13-29-23)16-20(19)26-11-3-4-12-26/h3-4,6-7,14,19-20H,5,8-13,15-16H2,1-2H3. The largest absolute Gasteiger partial charge is 0.495 e. The molecule has 1 amide bonds. The molecule has 2 fully saturated rings. The highest BCUT2D eigenvalue weighted by molar-refractivity contribution is 6.32. The number of benzene rings is 1. The van der Waals surface area contributed by atoms with E-state index in [9.17, 15) is 4.79 Å². The molecule has 0 N–H and O–H groups in total. The Hall–Kier alpha value is -1.56. The lowest BCUT2D eigenvalue weighted by molar-refractivity contribution is -0.136. The SMILES string of the molecule is COc1ccc(CC(=O)N(C)C2CCC3(CCCO3)CC2N2CC=CC2)cc1Cl. The summed E-state index contributed by atoms with van der Waals surface area (Å²) in [5.74, 6) is 0.767. The van der Waals surface area contributed by atoms with Crippen molar-refractivity contribution in [3.05, 3.63) is 40.9 Å². The highest BCUT2D eigenvalue weighted by atomic mass is 35.5. The summed E-state index contributed by atoms with van der Waals surface area (Å²) in [5, 5.41) is 0.541. The number of likely N-dealkylation sites (N-methyl/N-ethyl adjacent to an activating group) is 1. The fraction of sp³-hybridized carbons (Fsp3) is 0.609. The fourth-order valence-corrected chi connectivity index (χ4v) is 5.51. The van der Waals surface area contributed by atoms with Gasteiger partial charge in [-0.3, -0.25) is 9.69 Å². The molecule has 0 aromatic heterocycles. The lowest BCUT2D eigenvalue weighted by atomic mass is 9.76. The first-order chi connectivity index (χ1) is 14.0. The zero-order chi connectivity index (χ0) is 20.4. The smallest absolute Gasteiger partial charge is 0.227 e. The minimum absolute atomic E-state index is 0.0250. The maximum atomic E-state index is 13.1. The number of hydrogen-bond donors (Lipinski definition) is 0. The zero-order valence-corrected chi connectivity index (χ0v) is 18.2.